The van der Waals surface area contributed by atoms with Crippen LogP contribution in [0.5, 0.6) is 0 Å². The molecule has 1 aromatic rings. The zero-order valence-electron chi connectivity index (χ0n) is 13.1. The molecule has 0 heterocycles. The van der Waals surface area contributed by atoms with Crippen LogP contribution in [0.15, 0.2) is 23.2 Å². The largest absolute Gasteiger partial charge is 0.369 e. The van der Waals surface area contributed by atoms with E-state index in [1.165, 1.54) is 0 Å². The molecule has 0 aliphatic rings. The monoisotopic (exact) mass is 202 g/mol. The van der Waals surface area contributed by atoms with E-state index in [1.54, 1.807) is 25.1 Å². The predicted molar refractivity (Wildman–Crippen MR) is 58.0 cm³/mol. The van der Waals surface area contributed by atoms with Crippen molar-refractivity contribution in [2.45, 2.75) is 6.92 Å². The van der Waals surface area contributed by atoms with Gasteiger partial charge < -0.3 is 4.90 Å². The van der Waals surface area contributed by atoms with Crippen LogP contribution in [-0.4, -0.2) is 25.2 Å². The van der Waals surface area contributed by atoms with Gasteiger partial charge in [0, 0.05) is 27.2 Å². The van der Waals surface area contributed by atoms with Gasteiger partial charge in [-0.05, 0) is 30.7 Å². The summed E-state index contributed by atoms with van der Waals surface area (Å²) in [6.45, 7) is -3.82. The Morgan fingerprint density at radius 1 is 1.54 bits per heavy atom. The lowest BCUT2D eigenvalue weighted by atomic mass is 10.2. The third-order valence-electron chi connectivity index (χ3n) is 1.47. The minimum atomic E-state index is -2.78. The standard InChI is InChI=1S/C10H13ClN2/c1-8-6-9(11)4-5-10(8)12-7-13(2)3/h4-7H,1-3H3/i2D3,3D3. The van der Waals surface area contributed by atoms with Gasteiger partial charge in [-0.2, -0.15) is 0 Å². The second-order valence-electron chi connectivity index (χ2n) is 2.55. The number of benzene rings is 1. The SMILES string of the molecule is [2H]C([2H])([2H])N(C=Nc1ccc(Cl)cc1C)C([2H])([2H])[2H]. The lowest BCUT2D eigenvalue weighted by Crippen LogP contribution is -2.07. The molecule has 0 spiro atoms. The Bertz CT molecular complexity index is 466. The van der Waals surface area contributed by atoms with Gasteiger partial charge in [0.2, 0.25) is 0 Å². The average Bonchev–Trinajstić information content (AvgIpc) is 2.17. The Balaban J connectivity index is 3.06. The van der Waals surface area contributed by atoms with Crippen molar-refractivity contribution in [2.75, 3.05) is 14.0 Å². The van der Waals surface area contributed by atoms with Crippen molar-refractivity contribution in [1.29, 1.82) is 0 Å². The van der Waals surface area contributed by atoms with E-state index in [0.29, 0.717) is 10.7 Å². The summed E-state index contributed by atoms with van der Waals surface area (Å²) < 4.78 is 43.1. The molecule has 0 aliphatic heterocycles. The molecule has 3 heteroatoms. The number of halogens is 1. The quantitative estimate of drug-likeness (QED) is 0.532. The molecule has 0 N–H and O–H groups in total. The van der Waals surface area contributed by atoms with E-state index in [-0.39, 0.29) is 4.90 Å². The summed E-state index contributed by atoms with van der Waals surface area (Å²) in [5.41, 5.74) is 1.18. The summed E-state index contributed by atoms with van der Waals surface area (Å²) in [4.78, 5) is 4.17. The smallest absolute Gasteiger partial charge is 0.0907 e. The van der Waals surface area contributed by atoms with Crippen molar-refractivity contribution in [2.24, 2.45) is 4.99 Å². The summed E-state index contributed by atoms with van der Waals surface area (Å²) in [5, 5.41) is 0.528. The van der Waals surface area contributed by atoms with E-state index in [2.05, 4.69) is 4.99 Å². The van der Waals surface area contributed by atoms with Crippen molar-refractivity contribution in [3.8, 4) is 0 Å². The number of aliphatic imine (C=N–C) groups is 1. The number of hydrogen-bond donors (Lipinski definition) is 0. The molecule has 0 saturated carbocycles. The molecule has 13 heavy (non-hydrogen) atoms. The fourth-order valence-corrected chi connectivity index (χ4v) is 1.11. The number of rotatable bonds is 2. The Hall–Kier alpha value is -1.02. The predicted octanol–water partition coefficient (Wildman–Crippen LogP) is 2.87. The summed E-state index contributed by atoms with van der Waals surface area (Å²) >= 11 is 5.78. The number of hydrogen-bond acceptors (Lipinski definition) is 1. The third kappa shape index (κ3) is 3.07. The van der Waals surface area contributed by atoms with Gasteiger partial charge >= 0.3 is 0 Å². The minimum absolute atomic E-state index is 0.272. The minimum Gasteiger partial charge on any atom is -0.369 e. The van der Waals surface area contributed by atoms with Crippen LogP contribution in [0, 0.1) is 6.92 Å². The topological polar surface area (TPSA) is 15.6 Å². The van der Waals surface area contributed by atoms with Crippen LogP contribution in [0.25, 0.3) is 0 Å². The van der Waals surface area contributed by atoms with Gasteiger partial charge in [0.15, 0.2) is 0 Å². The Morgan fingerprint density at radius 2 is 2.31 bits per heavy atom. The third-order valence-corrected chi connectivity index (χ3v) is 1.71. The van der Waals surface area contributed by atoms with Gasteiger partial charge in [0.05, 0.1) is 12.0 Å². The van der Waals surface area contributed by atoms with Crippen LogP contribution in [0.1, 0.15) is 13.8 Å². The fourth-order valence-electron chi connectivity index (χ4n) is 0.884. The van der Waals surface area contributed by atoms with Crippen molar-refractivity contribution in [1.82, 2.24) is 4.90 Å². The molecule has 0 amide bonds. The molecule has 1 rings (SSSR count). The molecule has 2 nitrogen and oxygen atoms in total. The average molecular weight is 203 g/mol. The Morgan fingerprint density at radius 3 is 2.92 bits per heavy atom. The number of nitrogens with zero attached hydrogens (tertiary/aromatic N) is 2. The molecule has 0 aliphatic carbocycles. The molecule has 1 aromatic carbocycles. The second-order valence-corrected chi connectivity index (χ2v) is 2.98. The first kappa shape index (κ1) is 4.47. The van der Waals surface area contributed by atoms with E-state index >= 15 is 0 Å². The summed E-state index contributed by atoms with van der Waals surface area (Å²) in [6, 6.07) is 4.84. The zero-order chi connectivity index (χ0) is 14.8. The van der Waals surface area contributed by atoms with Gasteiger partial charge in [-0.25, -0.2) is 4.99 Å². The van der Waals surface area contributed by atoms with Crippen LogP contribution in [0.4, 0.5) is 5.69 Å². The van der Waals surface area contributed by atoms with Crippen LogP contribution in [0.2, 0.25) is 5.02 Å². The number of aryl methyl sites for hydroxylation is 1. The molecule has 0 bridgehead atoms. The molecule has 0 aromatic heterocycles. The Labute approximate surface area is 92.3 Å². The Kier molecular flexibility index (Phi) is 1.47. The first-order valence-corrected chi connectivity index (χ1v) is 3.99. The van der Waals surface area contributed by atoms with Crippen LogP contribution < -0.4 is 0 Å². The van der Waals surface area contributed by atoms with E-state index < -0.39 is 14.0 Å². The second kappa shape index (κ2) is 4.28. The highest BCUT2D eigenvalue weighted by atomic mass is 35.5. The van der Waals surface area contributed by atoms with Gasteiger partial charge in [-0.1, -0.05) is 11.6 Å². The molecule has 70 valence electrons. The first-order valence-electron chi connectivity index (χ1n) is 6.61. The molecular weight excluding hydrogens is 184 g/mol. The highest BCUT2D eigenvalue weighted by Crippen LogP contribution is 2.21. The summed E-state index contributed by atoms with van der Waals surface area (Å²) in [5.74, 6) is 0. The lowest BCUT2D eigenvalue weighted by molar-refractivity contribution is 0.643. The van der Waals surface area contributed by atoms with Crippen molar-refractivity contribution < 1.29 is 8.22 Å². The van der Waals surface area contributed by atoms with Gasteiger partial charge in [0.1, 0.15) is 0 Å². The van der Waals surface area contributed by atoms with E-state index in [1.807, 2.05) is 0 Å². The molecular formula is C10H13ClN2. The highest BCUT2D eigenvalue weighted by Gasteiger charge is 1.95. The van der Waals surface area contributed by atoms with Gasteiger partial charge in [-0.3, -0.25) is 0 Å². The maximum atomic E-state index is 7.19. The van der Waals surface area contributed by atoms with E-state index in [4.69, 9.17) is 19.8 Å². The van der Waals surface area contributed by atoms with Gasteiger partial charge in [-0.15, -0.1) is 0 Å². The molecule has 0 saturated heterocycles. The molecule has 0 unspecified atom stereocenters. The van der Waals surface area contributed by atoms with E-state index in [0.717, 1.165) is 11.9 Å². The molecule has 0 atom stereocenters. The summed E-state index contributed by atoms with van der Waals surface area (Å²) in [7, 11) is 0. The maximum Gasteiger partial charge on any atom is 0.0907 e. The first-order chi connectivity index (χ1) is 8.51. The van der Waals surface area contributed by atoms with Crippen LogP contribution >= 0.6 is 11.6 Å². The van der Waals surface area contributed by atoms with Crippen molar-refractivity contribution >= 4 is 23.6 Å². The fraction of sp³-hybridized carbons (Fsp3) is 0.300. The van der Waals surface area contributed by atoms with Crippen LogP contribution in [-0.2, 0) is 0 Å². The molecule has 0 radical (unpaired) electrons. The van der Waals surface area contributed by atoms with Crippen LogP contribution in [0.3, 0.4) is 0 Å². The zero-order valence-corrected chi connectivity index (χ0v) is 7.84. The van der Waals surface area contributed by atoms with Crippen molar-refractivity contribution in [3.63, 3.8) is 0 Å². The normalized spacial score (nSPS) is 19.5. The highest BCUT2D eigenvalue weighted by molar-refractivity contribution is 6.30. The van der Waals surface area contributed by atoms with Gasteiger partial charge in [0.25, 0.3) is 0 Å². The van der Waals surface area contributed by atoms with E-state index in [9.17, 15) is 0 Å². The maximum absolute atomic E-state index is 7.19. The van der Waals surface area contributed by atoms with Crippen molar-refractivity contribution in [3.05, 3.63) is 28.8 Å². The lowest BCUT2D eigenvalue weighted by Gasteiger charge is -2.04. The summed E-state index contributed by atoms with van der Waals surface area (Å²) in [6.07, 6.45) is 0.816. The molecule has 0 fully saturated rings.